The molecule has 0 saturated heterocycles. The predicted octanol–water partition coefficient (Wildman–Crippen LogP) is 2.24. The highest BCUT2D eigenvalue weighted by Crippen LogP contribution is 2.11. The lowest BCUT2D eigenvalue weighted by atomic mass is 10.1. The Morgan fingerprint density at radius 3 is 2.68 bits per heavy atom. The standard InChI is InChI=1S/C15H23N3O/c1-5-17(11-15(3,4)19)9-13-10-18-8-12(2)6-7-14(18)16-13/h6-8,10,19H,5,9,11H2,1-4H3. The molecule has 104 valence electrons. The lowest BCUT2D eigenvalue weighted by Crippen LogP contribution is -2.38. The van der Waals surface area contributed by atoms with Crippen LogP contribution in [0.25, 0.3) is 5.65 Å². The largest absolute Gasteiger partial charge is 0.389 e. The van der Waals surface area contributed by atoms with Crippen molar-refractivity contribution in [2.24, 2.45) is 0 Å². The quantitative estimate of drug-likeness (QED) is 0.897. The maximum atomic E-state index is 9.91. The Kier molecular flexibility index (Phi) is 3.92. The molecule has 0 atom stereocenters. The highest BCUT2D eigenvalue weighted by molar-refractivity contribution is 5.41. The molecule has 0 bridgehead atoms. The summed E-state index contributed by atoms with van der Waals surface area (Å²) in [4.78, 5) is 6.81. The number of imidazole rings is 1. The topological polar surface area (TPSA) is 40.8 Å². The van der Waals surface area contributed by atoms with Crippen LogP contribution in [0.1, 0.15) is 32.0 Å². The van der Waals surface area contributed by atoms with Crippen molar-refractivity contribution in [3.63, 3.8) is 0 Å². The minimum Gasteiger partial charge on any atom is -0.389 e. The zero-order valence-corrected chi connectivity index (χ0v) is 12.2. The molecule has 0 aliphatic rings. The van der Waals surface area contributed by atoms with Gasteiger partial charge in [-0.05, 0) is 38.9 Å². The Hall–Kier alpha value is -1.39. The van der Waals surface area contributed by atoms with E-state index in [0.717, 1.165) is 24.4 Å². The monoisotopic (exact) mass is 261 g/mol. The SMILES string of the molecule is CCN(Cc1cn2cc(C)ccc2n1)CC(C)(C)O. The number of aryl methyl sites for hydroxylation is 1. The number of pyridine rings is 1. The molecular weight excluding hydrogens is 238 g/mol. The molecule has 0 spiro atoms. The molecule has 0 saturated carbocycles. The first kappa shape index (κ1) is 14.0. The van der Waals surface area contributed by atoms with Gasteiger partial charge in [-0.15, -0.1) is 0 Å². The van der Waals surface area contributed by atoms with Crippen molar-refractivity contribution < 1.29 is 5.11 Å². The molecule has 0 aliphatic heterocycles. The van der Waals surface area contributed by atoms with Gasteiger partial charge in [0.05, 0.1) is 11.3 Å². The third-order valence-corrected chi connectivity index (χ3v) is 3.09. The van der Waals surface area contributed by atoms with Crippen LogP contribution in [-0.4, -0.2) is 38.1 Å². The van der Waals surface area contributed by atoms with Crippen molar-refractivity contribution in [3.8, 4) is 0 Å². The fraction of sp³-hybridized carbons (Fsp3) is 0.533. The zero-order valence-electron chi connectivity index (χ0n) is 12.2. The van der Waals surface area contributed by atoms with Gasteiger partial charge in [-0.25, -0.2) is 4.98 Å². The van der Waals surface area contributed by atoms with Crippen LogP contribution in [0.2, 0.25) is 0 Å². The van der Waals surface area contributed by atoms with Gasteiger partial charge in [-0.1, -0.05) is 13.0 Å². The molecule has 2 heterocycles. The lowest BCUT2D eigenvalue weighted by Gasteiger charge is -2.27. The molecule has 4 nitrogen and oxygen atoms in total. The lowest BCUT2D eigenvalue weighted by molar-refractivity contribution is 0.0350. The number of hydrogen-bond acceptors (Lipinski definition) is 3. The van der Waals surface area contributed by atoms with E-state index in [4.69, 9.17) is 0 Å². The van der Waals surface area contributed by atoms with E-state index in [2.05, 4.69) is 46.6 Å². The first-order valence-electron chi connectivity index (χ1n) is 6.76. The highest BCUT2D eigenvalue weighted by atomic mass is 16.3. The van der Waals surface area contributed by atoms with Gasteiger partial charge in [0.2, 0.25) is 0 Å². The third-order valence-electron chi connectivity index (χ3n) is 3.09. The molecule has 4 heteroatoms. The summed E-state index contributed by atoms with van der Waals surface area (Å²) < 4.78 is 2.06. The maximum absolute atomic E-state index is 9.91. The summed E-state index contributed by atoms with van der Waals surface area (Å²) in [5.74, 6) is 0. The number of likely N-dealkylation sites (N-methyl/N-ethyl adjacent to an activating group) is 1. The molecule has 1 N–H and O–H groups in total. The summed E-state index contributed by atoms with van der Waals surface area (Å²) in [6.45, 7) is 10.2. The van der Waals surface area contributed by atoms with Crippen molar-refractivity contribution in [1.82, 2.24) is 14.3 Å². The molecule has 0 amide bonds. The van der Waals surface area contributed by atoms with Crippen molar-refractivity contribution in [1.29, 1.82) is 0 Å². The summed E-state index contributed by atoms with van der Waals surface area (Å²) >= 11 is 0. The average molecular weight is 261 g/mol. The van der Waals surface area contributed by atoms with Crippen molar-refractivity contribution in [2.75, 3.05) is 13.1 Å². The van der Waals surface area contributed by atoms with Crippen molar-refractivity contribution >= 4 is 5.65 Å². The zero-order chi connectivity index (χ0) is 14.0. The number of aliphatic hydroxyl groups is 1. The highest BCUT2D eigenvalue weighted by Gasteiger charge is 2.18. The van der Waals surface area contributed by atoms with Crippen molar-refractivity contribution in [3.05, 3.63) is 35.8 Å². The van der Waals surface area contributed by atoms with Gasteiger partial charge in [0.1, 0.15) is 5.65 Å². The third kappa shape index (κ3) is 3.78. The average Bonchev–Trinajstić information content (AvgIpc) is 2.67. The molecule has 19 heavy (non-hydrogen) atoms. The van der Waals surface area contributed by atoms with Gasteiger partial charge < -0.3 is 9.51 Å². The van der Waals surface area contributed by atoms with Gasteiger partial charge >= 0.3 is 0 Å². The fourth-order valence-corrected chi connectivity index (χ4v) is 2.29. The number of hydrogen-bond donors (Lipinski definition) is 1. The summed E-state index contributed by atoms with van der Waals surface area (Å²) in [6, 6.07) is 4.10. The van der Waals surface area contributed by atoms with Crippen LogP contribution in [0.3, 0.4) is 0 Å². The summed E-state index contributed by atoms with van der Waals surface area (Å²) in [5, 5.41) is 9.91. The number of fused-ring (bicyclic) bond motifs is 1. The second-order valence-corrected chi connectivity index (χ2v) is 5.82. The van der Waals surface area contributed by atoms with Crippen LogP contribution in [0.5, 0.6) is 0 Å². The van der Waals surface area contributed by atoms with E-state index in [1.807, 2.05) is 19.9 Å². The van der Waals surface area contributed by atoms with Crippen LogP contribution in [0.15, 0.2) is 24.5 Å². The first-order valence-corrected chi connectivity index (χ1v) is 6.76. The molecule has 2 aromatic heterocycles. The second-order valence-electron chi connectivity index (χ2n) is 5.82. The maximum Gasteiger partial charge on any atom is 0.137 e. The van der Waals surface area contributed by atoms with Crippen LogP contribution in [-0.2, 0) is 6.54 Å². The van der Waals surface area contributed by atoms with E-state index in [1.165, 1.54) is 5.56 Å². The Bertz CT molecular complexity index is 554. The van der Waals surface area contributed by atoms with Crippen LogP contribution >= 0.6 is 0 Å². The van der Waals surface area contributed by atoms with Gasteiger partial charge in [0.15, 0.2) is 0 Å². The smallest absolute Gasteiger partial charge is 0.137 e. The minimum absolute atomic E-state index is 0.649. The molecule has 0 unspecified atom stereocenters. The molecular formula is C15H23N3O. The Balaban J connectivity index is 2.15. The minimum atomic E-state index is -0.675. The van der Waals surface area contributed by atoms with Crippen LogP contribution < -0.4 is 0 Å². The van der Waals surface area contributed by atoms with E-state index < -0.39 is 5.60 Å². The number of nitrogens with zero attached hydrogens (tertiary/aromatic N) is 3. The van der Waals surface area contributed by atoms with Crippen LogP contribution in [0.4, 0.5) is 0 Å². The second kappa shape index (κ2) is 5.31. The fourth-order valence-electron chi connectivity index (χ4n) is 2.29. The molecule has 0 aliphatic carbocycles. The van der Waals surface area contributed by atoms with E-state index >= 15 is 0 Å². The van der Waals surface area contributed by atoms with E-state index in [0.29, 0.717) is 6.54 Å². The van der Waals surface area contributed by atoms with E-state index in [9.17, 15) is 5.11 Å². The predicted molar refractivity (Wildman–Crippen MR) is 77.2 cm³/mol. The summed E-state index contributed by atoms with van der Waals surface area (Å²) in [6.07, 6.45) is 4.15. The molecule has 0 fully saturated rings. The summed E-state index contributed by atoms with van der Waals surface area (Å²) in [5.41, 5.74) is 2.56. The van der Waals surface area contributed by atoms with E-state index in [1.54, 1.807) is 0 Å². The molecule has 0 aromatic carbocycles. The molecule has 0 radical (unpaired) electrons. The van der Waals surface area contributed by atoms with Crippen LogP contribution in [0, 0.1) is 6.92 Å². The Morgan fingerprint density at radius 1 is 1.32 bits per heavy atom. The Labute approximate surface area is 114 Å². The first-order chi connectivity index (χ1) is 8.87. The van der Waals surface area contributed by atoms with Gasteiger partial charge in [0.25, 0.3) is 0 Å². The molecule has 2 aromatic rings. The summed E-state index contributed by atoms with van der Waals surface area (Å²) in [7, 11) is 0. The van der Waals surface area contributed by atoms with E-state index in [-0.39, 0.29) is 0 Å². The van der Waals surface area contributed by atoms with Crippen molar-refractivity contribution in [2.45, 2.75) is 39.8 Å². The molecule has 2 rings (SSSR count). The number of aromatic nitrogens is 2. The van der Waals surface area contributed by atoms with Gasteiger partial charge in [-0.2, -0.15) is 0 Å². The van der Waals surface area contributed by atoms with Gasteiger partial charge in [-0.3, -0.25) is 4.90 Å². The van der Waals surface area contributed by atoms with Gasteiger partial charge in [0, 0.05) is 25.5 Å². The number of rotatable bonds is 5. The normalized spacial score (nSPS) is 12.5. The Morgan fingerprint density at radius 2 is 2.05 bits per heavy atom.